The van der Waals surface area contributed by atoms with Crippen LogP contribution in [0.15, 0.2) is 48.6 Å². The number of ketones is 1. The molecule has 1 aliphatic rings. The Balaban J connectivity index is 2.06. The fraction of sp³-hybridized carbons (Fsp3) is 0.227. The molecule has 0 saturated heterocycles. The molecule has 0 spiro atoms. The fourth-order valence-electron chi connectivity index (χ4n) is 2.90. The number of rotatable bonds is 5. The van der Waals surface area contributed by atoms with Crippen LogP contribution in [-0.4, -0.2) is 25.6 Å². The van der Waals surface area contributed by atoms with Crippen LogP contribution in [0, 0.1) is 0 Å². The van der Waals surface area contributed by atoms with Crippen LogP contribution in [-0.2, 0) is 0 Å². The van der Waals surface area contributed by atoms with Crippen molar-refractivity contribution in [1.29, 1.82) is 0 Å². The lowest BCUT2D eigenvalue weighted by molar-refractivity contribution is 0.104. The molecule has 0 radical (unpaired) electrons. The van der Waals surface area contributed by atoms with Crippen molar-refractivity contribution in [3.8, 4) is 17.2 Å². The quantitative estimate of drug-likeness (QED) is 0.575. The normalized spacial score (nSPS) is 14.6. The third-order valence-corrected chi connectivity index (χ3v) is 4.17. The number of ether oxygens (including phenoxy) is 3. The molecule has 0 saturated carbocycles. The van der Waals surface area contributed by atoms with E-state index in [4.69, 9.17) is 14.2 Å². The van der Waals surface area contributed by atoms with Gasteiger partial charge < -0.3 is 14.2 Å². The zero-order valence-corrected chi connectivity index (χ0v) is 15.4. The number of carbonyl (C=O) groups is 1. The molecule has 26 heavy (non-hydrogen) atoms. The number of methoxy groups -OCH3 is 2. The molecule has 0 amide bonds. The molecule has 134 valence electrons. The molecule has 3 rings (SSSR count). The van der Waals surface area contributed by atoms with Gasteiger partial charge in [-0.2, -0.15) is 0 Å². The van der Waals surface area contributed by atoms with Gasteiger partial charge in [-0.25, -0.2) is 0 Å². The Kier molecular flexibility index (Phi) is 4.85. The maximum atomic E-state index is 12.9. The van der Waals surface area contributed by atoms with Crippen molar-refractivity contribution in [2.75, 3.05) is 14.2 Å². The second-order valence-electron chi connectivity index (χ2n) is 6.55. The minimum Gasteiger partial charge on any atom is -0.496 e. The van der Waals surface area contributed by atoms with Crippen LogP contribution in [0.25, 0.3) is 12.2 Å². The minimum absolute atomic E-state index is 0.191. The van der Waals surface area contributed by atoms with Gasteiger partial charge in [0.2, 0.25) is 0 Å². The largest absolute Gasteiger partial charge is 0.496 e. The Morgan fingerprint density at radius 1 is 1.12 bits per heavy atom. The third kappa shape index (κ3) is 3.49. The van der Waals surface area contributed by atoms with Crippen molar-refractivity contribution < 1.29 is 19.0 Å². The summed E-state index contributed by atoms with van der Waals surface area (Å²) in [6.07, 6.45) is 7.17. The van der Waals surface area contributed by atoms with Crippen LogP contribution in [0.3, 0.4) is 0 Å². The van der Waals surface area contributed by atoms with Crippen LogP contribution in [0.5, 0.6) is 17.2 Å². The number of hydrogen-bond donors (Lipinski definition) is 0. The predicted octanol–water partition coefficient (Wildman–Crippen LogP) is 4.78. The van der Waals surface area contributed by atoms with Crippen LogP contribution in [0.4, 0.5) is 0 Å². The van der Waals surface area contributed by atoms with Crippen molar-refractivity contribution in [2.24, 2.45) is 0 Å². The van der Waals surface area contributed by atoms with Crippen molar-refractivity contribution in [3.05, 3.63) is 65.2 Å². The highest BCUT2D eigenvalue weighted by atomic mass is 16.5. The number of benzene rings is 2. The summed E-state index contributed by atoms with van der Waals surface area (Å²) in [6, 6.07) is 11.4. The van der Waals surface area contributed by atoms with Crippen LogP contribution >= 0.6 is 0 Å². The van der Waals surface area contributed by atoms with Gasteiger partial charge in [0, 0.05) is 6.07 Å². The van der Waals surface area contributed by atoms with E-state index in [9.17, 15) is 4.79 Å². The Morgan fingerprint density at radius 3 is 2.50 bits per heavy atom. The SMILES string of the molecule is COc1cc2c(c(OC)c1C(=O)/C=C/c1ccccc1)C=CC(C)(C)O2. The highest BCUT2D eigenvalue weighted by Crippen LogP contribution is 2.44. The molecule has 1 aliphatic heterocycles. The number of carbonyl (C=O) groups excluding carboxylic acids is 1. The molecule has 0 unspecified atom stereocenters. The van der Waals surface area contributed by atoms with Crippen molar-refractivity contribution in [3.63, 3.8) is 0 Å². The highest BCUT2D eigenvalue weighted by Gasteiger charge is 2.29. The molecule has 0 aromatic heterocycles. The second-order valence-corrected chi connectivity index (χ2v) is 6.55. The van der Waals surface area contributed by atoms with Gasteiger partial charge in [0.15, 0.2) is 5.78 Å². The Hall–Kier alpha value is -3.01. The Morgan fingerprint density at radius 2 is 1.85 bits per heavy atom. The van der Waals surface area contributed by atoms with Crippen molar-refractivity contribution >= 4 is 17.9 Å². The van der Waals surface area contributed by atoms with Gasteiger partial charge >= 0.3 is 0 Å². The zero-order valence-electron chi connectivity index (χ0n) is 15.4. The van der Waals surface area contributed by atoms with Gasteiger partial charge in [0.1, 0.15) is 28.4 Å². The summed E-state index contributed by atoms with van der Waals surface area (Å²) in [6.45, 7) is 3.93. The van der Waals surface area contributed by atoms with E-state index in [1.165, 1.54) is 13.2 Å². The minimum atomic E-state index is -0.429. The molecule has 1 heterocycles. The Bertz CT molecular complexity index is 877. The summed E-state index contributed by atoms with van der Waals surface area (Å²) in [5, 5.41) is 0. The number of fused-ring (bicyclic) bond motifs is 1. The summed E-state index contributed by atoms with van der Waals surface area (Å²) in [7, 11) is 3.07. The third-order valence-electron chi connectivity index (χ3n) is 4.17. The number of allylic oxidation sites excluding steroid dienone is 1. The molecular formula is C22H22O4. The molecule has 0 atom stereocenters. The van der Waals surface area contributed by atoms with Gasteiger partial charge in [-0.3, -0.25) is 4.79 Å². The summed E-state index contributed by atoms with van der Waals surface area (Å²) < 4.78 is 17.0. The van der Waals surface area contributed by atoms with Crippen molar-refractivity contribution in [1.82, 2.24) is 0 Å². The lowest BCUT2D eigenvalue weighted by Gasteiger charge is -2.29. The van der Waals surface area contributed by atoms with Gasteiger partial charge in [0.25, 0.3) is 0 Å². The molecular weight excluding hydrogens is 328 g/mol. The van der Waals surface area contributed by atoms with Gasteiger partial charge in [0.05, 0.1) is 19.8 Å². The van der Waals surface area contributed by atoms with Gasteiger partial charge in [-0.15, -0.1) is 0 Å². The topological polar surface area (TPSA) is 44.8 Å². The Labute approximate surface area is 153 Å². The van der Waals surface area contributed by atoms with E-state index in [1.807, 2.05) is 56.3 Å². The monoisotopic (exact) mass is 350 g/mol. The second kappa shape index (κ2) is 7.08. The smallest absolute Gasteiger partial charge is 0.193 e. The molecule has 0 aliphatic carbocycles. The van der Waals surface area contributed by atoms with E-state index in [0.717, 1.165) is 11.1 Å². The highest BCUT2D eigenvalue weighted by molar-refractivity contribution is 6.11. The molecule has 0 N–H and O–H groups in total. The van der Waals surface area contributed by atoms with Gasteiger partial charge in [-0.1, -0.05) is 36.4 Å². The van der Waals surface area contributed by atoms with E-state index in [0.29, 0.717) is 22.8 Å². The summed E-state index contributed by atoms with van der Waals surface area (Å²) in [5.41, 5.74) is 1.64. The van der Waals surface area contributed by atoms with E-state index in [-0.39, 0.29) is 5.78 Å². The average molecular weight is 350 g/mol. The fourth-order valence-corrected chi connectivity index (χ4v) is 2.90. The standard InChI is InChI=1S/C22H22O4/c1-22(2)13-12-16-18(26-22)14-19(24-3)20(21(16)25-4)17(23)11-10-15-8-6-5-7-9-15/h5-14H,1-4H3/b11-10+. The van der Waals surface area contributed by atoms with E-state index in [1.54, 1.807) is 19.3 Å². The first-order valence-corrected chi connectivity index (χ1v) is 8.40. The van der Waals surface area contributed by atoms with Crippen molar-refractivity contribution in [2.45, 2.75) is 19.4 Å². The van der Waals surface area contributed by atoms with Gasteiger partial charge in [-0.05, 0) is 37.6 Å². The first kappa shape index (κ1) is 17.8. The van der Waals surface area contributed by atoms with E-state index in [2.05, 4.69) is 0 Å². The lowest BCUT2D eigenvalue weighted by atomic mass is 9.97. The van der Waals surface area contributed by atoms with E-state index >= 15 is 0 Å². The molecule has 2 aromatic rings. The van der Waals surface area contributed by atoms with Crippen LogP contribution in [0.2, 0.25) is 0 Å². The average Bonchev–Trinajstić information content (AvgIpc) is 2.64. The molecule has 0 bridgehead atoms. The molecule has 2 aromatic carbocycles. The molecule has 4 heteroatoms. The van der Waals surface area contributed by atoms with E-state index < -0.39 is 5.60 Å². The maximum absolute atomic E-state index is 12.9. The zero-order chi connectivity index (χ0) is 18.7. The maximum Gasteiger partial charge on any atom is 0.193 e. The predicted molar refractivity (Wildman–Crippen MR) is 103 cm³/mol. The first-order valence-electron chi connectivity index (χ1n) is 8.40. The molecule has 0 fully saturated rings. The summed E-state index contributed by atoms with van der Waals surface area (Å²) in [4.78, 5) is 12.9. The first-order chi connectivity index (χ1) is 12.4. The lowest BCUT2D eigenvalue weighted by Crippen LogP contribution is -2.27. The van der Waals surface area contributed by atoms with Crippen LogP contribution < -0.4 is 14.2 Å². The summed E-state index contributed by atoms with van der Waals surface area (Å²) >= 11 is 0. The summed E-state index contributed by atoms with van der Waals surface area (Å²) in [5.74, 6) is 1.32. The molecule has 4 nitrogen and oxygen atoms in total. The van der Waals surface area contributed by atoms with Crippen LogP contribution in [0.1, 0.15) is 35.3 Å². The number of hydrogen-bond acceptors (Lipinski definition) is 4.